The highest BCUT2D eigenvalue weighted by Gasteiger charge is 2.23. The fourth-order valence-corrected chi connectivity index (χ4v) is 1.44. The molecule has 0 aromatic rings. The van der Waals surface area contributed by atoms with Crippen LogP contribution in [-0.2, 0) is 0 Å². The maximum absolute atomic E-state index is 3.61. The molecular formula is C10H22N2. The van der Waals surface area contributed by atoms with Crippen molar-refractivity contribution in [1.29, 1.82) is 0 Å². The molecule has 0 saturated heterocycles. The summed E-state index contributed by atoms with van der Waals surface area (Å²) in [6.07, 6.45) is 5.79. The average Bonchev–Trinajstić information content (AvgIpc) is 2.70. The van der Waals surface area contributed by atoms with Gasteiger partial charge in [-0.25, -0.2) is 0 Å². The molecule has 0 aromatic carbocycles. The van der Waals surface area contributed by atoms with Crippen LogP contribution in [0.3, 0.4) is 0 Å². The lowest BCUT2D eigenvalue weighted by Gasteiger charge is -2.21. The second-order valence-electron chi connectivity index (χ2n) is 4.10. The predicted octanol–water partition coefficient (Wildman–Crippen LogP) is 1.86. The third-order valence-corrected chi connectivity index (χ3v) is 2.13. The zero-order valence-electron chi connectivity index (χ0n) is 8.56. The zero-order chi connectivity index (χ0) is 8.97. The van der Waals surface area contributed by atoms with Crippen LogP contribution in [0.25, 0.3) is 0 Å². The fraction of sp³-hybridized carbons (Fsp3) is 1.00. The highest BCUT2D eigenvalue weighted by molar-refractivity contribution is 4.84. The Hall–Kier alpha value is -0.0800. The van der Waals surface area contributed by atoms with E-state index in [9.17, 15) is 0 Å². The molecule has 0 spiro atoms. The average molecular weight is 170 g/mol. The van der Waals surface area contributed by atoms with Gasteiger partial charge in [-0.3, -0.25) is 10.6 Å². The number of rotatable bonds is 6. The van der Waals surface area contributed by atoms with Gasteiger partial charge in [0.2, 0.25) is 0 Å². The van der Waals surface area contributed by atoms with E-state index in [2.05, 4.69) is 31.4 Å². The van der Waals surface area contributed by atoms with Gasteiger partial charge in [0, 0.05) is 12.1 Å². The summed E-state index contributed by atoms with van der Waals surface area (Å²) in [6, 6.07) is 1.40. The minimum atomic E-state index is 0.544. The first-order valence-corrected chi connectivity index (χ1v) is 5.24. The van der Waals surface area contributed by atoms with Gasteiger partial charge in [-0.1, -0.05) is 13.3 Å². The van der Waals surface area contributed by atoms with E-state index in [1.807, 2.05) is 0 Å². The first-order valence-electron chi connectivity index (χ1n) is 5.24. The summed E-state index contributed by atoms with van der Waals surface area (Å²) in [5.41, 5.74) is 0. The lowest BCUT2D eigenvalue weighted by Crippen LogP contribution is -2.46. The third kappa shape index (κ3) is 4.07. The first-order chi connectivity index (χ1) is 5.72. The summed E-state index contributed by atoms with van der Waals surface area (Å²) >= 11 is 0. The van der Waals surface area contributed by atoms with Gasteiger partial charge in [-0.15, -0.1) is 0 Å². The Balaban J connectivity index is 2.16. The molecular weight excluding hydrogens is 148 g/mol. The maximum atomic E-state index is 3.61. The second-order valence-corrected chi connectivity index (χ2v) is 4.10. The van der Waals surface area contributed by atoms with Crippen LogP contribution < -0.4 is 10.6 Å². The van der Waals surface area contributed by atoms with E-state index in [1.54, 1.807) is 0 Å². The molecule has 1 aliphatic rings. The van der Waals surface area contributed by atoms with Crippen LogP contribution in [0.5, 0.6) is 0 Å². The molecule has 1 aliphatic carbocycles. The molecule has 1 unspecified atom stereocenters. The van der Waals surface area contributed by atoms with E-state index >= 15 is 0 Å². The minimum Gasteiger partial charge on any atom is -0.300 e. The first kappa shape index (κ1) is 10.0. The molecule has 2 heteroatoms. The summed E-state index contributed by atoms with van der Waals surface area (Å²) in [5.74, 6) is 0. The third-order valence-electron chi connectivity index (χ3n) is 2.13. The van der Waals surface area contributed by atoms with E-state index in [-0.39, 0.29) is 0 Å². The molecule has 1 fully saturated rings. The lowest BCUT2D eigenvalue weighted by molar-refractivity contribution is 0.367. The van der Waals surface area contributed by atoms with Gasteiger partial charge < -0.3 is 0 Å². The van der Waals surface area contributed by atoms with Crippen molar-refractivity contribution in [2.24, 2.45) is 0 Å². The predicted molar refractivity (Wildman–Crippen MR) is 53.1 cm³/mol. The Kier molecular flexibility index (Phi) is 4.02. The summed E-state index contributed by atoms with van der Waals surface area (Å²) in [7, 11) is 0. The largest absolute Gasteiger partial charge is 0.300 e. The van der Waals surface area contributed by atoms with Gasteiger partial charge in [-0.05, 0) is 33.1 Å². The number of hydrogen-bond acceptors (Lipinski definition) is 2. The van der Waals surface area contributed by atoms with E-state index in [4.69, 9.17) is 0 Å². The molecule has 12 heavy (non-hydrogen) atoms. The van der Waals surface area contributed by atoms with Crippen LogP contribution in [0, 0.1) is 0 Å². The SMILES string of the molecule is CCCC(NC(C)C)NC1CC1. The summed E-state index contributed by atoms with van der Waals surface area (Å²) in [4.78, 5) is 0. The van der Waals surface area contributed by atoms with Crippen LogP contribution in [0.4, 0.5) is 0 Å². The van der Waals surface area contributed by atoms with Crippen LogP contribution in [-0.4, -0.2) is 18.2 Å². The van der Waals surface area contributed by atoms with Crippen molar-refractivity contribution in [3.8, 4) is 0 Å². The molecule has 72 valence electrons. The van der Waals surface area contributed by atoms with Crippen LogP contribution in [0.2, 0.25) is 0 Å². The zero-order valence-corrected chi connectivity index (χ0v) is 8.56. The monoisotopic (exact) mass is 170 g/mol. The molecule has 0 aromatic heterocycles. The molecule has 0 bridgehead atoms. The van der Waals surface area contributed by atoms with E-state index in [1.165, 1.54) is 25.7 Å². The fourth-order valence-electron chi connectivity index (χ4n) is 1.44. The lowest BCUT2D eigenvalue weighted by atomic mass is 10.2. The summed E-state index contributed by atoms with van der Waals surface area (Å²) in [5, 5.41) is 7.15. The van der Waals surface area contributed by atoms with Gasteiger partial charge in [0.1, 0.15) is 0 Å². The van der Waals surface area contributed by atoms with Crippen molar-refractivity contribution in [3.05, 3.63) is 0 Å². The van der Waals surface area contributed by atoms with Crippen molar-refractivity contribution >= 4 is 0 Å². The second kappa shape index (κ2) is 4.83. The van der Waals surface area contributed by atoms with Gasteiger partial charge in [0.25, 0.3) is 0 Å². The normalized spacial score (nSPS) is 20.0. The Morgan fingerprint density at radius 2 is 2.00 bits per heavy atom. The van der Waals surface area contributed by atoms with Gasteiger partial charge in [0.15, 0.2) is 0 Å². The Morgan fingerprint density at radius 3 is 2.42 bits per heavy atom. The van der Waals surface area contributed by atoms with Crippen molar-refractivity contribution in [1.82, 2.24) is 10.6 Å². The Morgan fingerprint density at radius 1 is 1.33 bits per heavy atom. The molecule has 0 aliphatic heterocycles. The van der Waals surface area contributed by atoms with E-state index in [0.717, 1.165) is 6.04 Å². The molecule has 1 rings (SSSR count). The standard InChI is InChI=1S/C10H22N2/c1-4-5-10(11-8(2)3)12-9-6-7-9/h8-12H,4-7H2,1-3H3. The maximum Gasteiger partial charge on any atom is 0.0575 e. The van der Waals surface area contributed by atoms with Gasteiger partial charge in [-0.2, -0.15) is 0 Å². The molecule has 1 atom stereocenters. The molecule has 1 saturated carbocycles. The van der Waals surface area contributed by atoms with Gasteiger partial charge >= 0.3 is 0 Å². The molecule has 2 nitrogen and oxygen atoms in total. The minimum absolute atomic E-state index is 0.544. The van der Waals surface area contributed by atoms with Crippen molar-refractivity contribution < 1.29 is 0 Å². The van der Waals surface area contributed by atoms with Crippen LogP contribution in [0.1, 0.15) is 46.5 Å². The van der Waals surface area contributed by atoms with E-state index in [0.29, 0.717) is 12.2 Å². The molecule has 2 N–H and O–H groups in total. The number of nitrogens with one attached hydrogen (secondary N) is 2. The van der Waals surface area contributed by atoms with Crippen molar-refractivity contribution in [2.75, 3.05) is 0 Å². The van der Waals surface area contributed by atoms with Crippen LogP contribution >= 0.6 is 0 Å². The molecule has 0 amide bonds. The Bertz CT molecular complexity index is 115. The summed E-state index contributed by atoms with van der Waals surface area (Å²) < 4.78 is 0. The number of hydrogen-bond donors (Lipinski definition) is 2. The highest BCUT2D eigenvalue weighted by atomic mass is 15.2. The molecule has 0 radical (unpaired) electrons. The quantitative estimate of drug-likeness (QED) is 0.595. The van der Waals surface area contributed by atoms with Crippen LogP contribution in [0.15, 0.2) is 0 Å². The van der Waals surface area contributed by atoms with Crippen molar-refractivity contribution in [2.45, 2.75) is 64.7 Å². The van der Waals surface area contributed by atoms with Crippen molar-refractivity contribution in [3.63, 3.8) is 0 Å². The van der Waals surface area contributed by atoms with Gasteiger partial charge in [0.05, 0.1) is 6.17 Å². The topological polar surface area (TPSA) is 24.1 Å². The highest BCUT2D eigenvalue weighted by Crippen LogP contribution is 2.19. The Labute approximate surface area is 76.1 Å². The molecule has 0 heterocycles. The summed E-state index contributed by atoms with van der Waals surface area (Å²) in [6.45, 7) is 6.65. The smallest absolute Gasteiger partial charge is 0.0575 e. The van der Waals surface area contributed by atoms with E-state index < -0.39 is 0 Å².